The van der Waals surface area contributed by atoms with Gasteiger partial charge in [-0.05, 0) is 36.5 Å². The molecule has 1 aromatic rings. The SMILES string of the molecule is CN(CCOCC1CC1)c1cc(CN)ccn1. The van der Waals surface area contributed by atoms with Gasteiger partial charge in [-0.3, -0.25) is 0 Å². The van der Waals surface area contributed by atoms with E-state index in [9.17, 15) is 0 Å². The fourth-order valence-electron chi connectivity index (χ4n) is 1.65. The molecule has 0 radical (unpaired) electrons. The zero-order chi connectivity index (χ0) is 12.1. The van der Waals surface area contributed by atoms with Gasteiger partial charge in [0, 0.05) is 32.9 Å². The largest absolute Gasteiger partial charge is 0.379 e. The van der Waals surface area contributed by atoms with Crippen molar-refractivity contribution in [1.29, 1.82) is 0 Å². The number of hydrogen-bond donors (Lipinski definition) is 1. The van der Waals surface area contributed by atoms with E-state index in [-0.39, 0.29) is 0 Å². The van der Waals surface area contributed by atoms with E-state index in [1.165, 1.54) is 12.8 Å². The molecule has 1 aromatic heterocycles. The third kappa shape index (κ3) is 3.98. The van der Waals surface area contributed by atoms with Gasteiger partial charge < -0.3 is 15.4 Å². The number of pyridine rings is 1. The number of nitrogens with two attached hydrogens (primary N) is 1. The molecular weight excluding hydrogens is 214 g/mol. The standard InChI is InChI=1S/C13H21N3O/c1-16(6-7-17-10-11-2-3-11)13-8-12(9-14)4-5-15-13/h4-5,8,11H,2-3,6-7,9-10,14H2,1H3. The Kier molecular flexibility index (Phi) is 4.34. The number of hydrogen-bond acceptors (Lipinski definition) is 4. The average molecular weight is 235 g/mol. The van der Waals surface area contributed by atoms with Crippen LogP contribution in [0.4, 0.5) is 5.82 Å². The minimum Gasteiger partial charge on any atom is -0.379 e. The second-order valence-electron chi connectivity index (χ2n) is 4.67. The number of nitrogens with zero attached hydrogens (tertiary/aromatic N) is 2. The van der Waals surface area contributed by atoms with Gasteiger partial charge in [0.25, 0.3) is 0 Å². The van der Waals surface area contributed by atoms with E-state index in [0.717, 1.165) is 37.1 Å². The van der Waals surface area contributed by atoms with Crippen LogP contribution in [0.5, 0.6) is 0 Å². The highest BCUT2D eigenvalue weighted by atomic mass is 16.5. The van der Waals surface area contributed by atoms with Crippen LogP contribution in [-0.4, -0.2) is 31.8 Å². The van der Waals surface area contributed by atoms with Gasteiger partial charge >= 0.3 is 0 Å². The minimum atomic E-state index is 0.557. The molecule has 2 N–H and O–H groups in total. The monoisotopic (exact) mass is 235 g/mol. The third-order valence-electron chi connectivity index (χ3n) is 3.06. The lowest BCUT2D eigenvalue weighted by molar-refractivity contribution is 0.131. The zero-order valence-electron chi connectivity index (χ0n) is 10.4. The van der Waals surface area contributed by atoms with Gasteiger partial charge in [0.05, 0.1) is 6.61 Å². The predicted molar refractivity (Wildman–Crippen MR) is 68.9 cm³/mol. The Labute approximate surface area is 103 Å². The Hall–Kier alpha value is -1.13. The summed E-state index contributed by atoms with van der Waals surface area (Å²) in [4.78, 5) is 6.43. The van der Waals surface area contributed by atoms with E-state index in [1.807, 2.05) is 19.2 Å². The van der Waals surface area contributed by atoms with Crippen molar-refractivity contribution in [2.75, 3.05) is 31.7 Å². The molecule has 1 heterocycles. The number of anilines is 1. The fourth-order valence-corrected chi connectivity index (χ4v) is 1.65. The molecule has 0 spiro atoms. The Morgan fingerprint density at radius 3 is 3.06 bits per heavy atom. The van der Waals surface area contributed by atoms with Crippen molar-refractivity contribution in [2.45, 2.75) is 19.4 Å². The van der Waals surface area contributed by atoms with Crippen molar-refractivity contribution in [1.82, 2.24) is 4.98 Å². The Balaban J connectivity index is 1.74. The van der Waals surface area contributed by atoms with Gasteiger partial charge in [0.2, 0.25) is 0 Å². The molecule has 0 atom stereocenters. The molecule has 1 aliphatic carbocycles. The fraction of sp³-hybridized carbons (Fsp3) is 0.615. The van der Waals surface area contributed by atoms with Crippen LogP contribution in [0.1, 0.15) is 18.4 Å². The third-order valence-corrected chi connectivity index (χ3v) is 3.06. The molecule has 0 aromatic carbocycles. The number of ether oxygens (including phenoxy) is 1. The first-order chi connectivity index (χ1) is 8.29. The predicted octanol–water partition coefficient (Wildman–Crippen LogP) is 1.40. The minimum absolute atomic E-state index is 0.557. The van der Waals surface area contributed by atoms with Crippen LogP contribution >= 0.6 is 0 Å². The second-order valence-corrected chi connectivity index (χ2v) is 4.67. The van der Waals surface area contributed by atoms with E-state index in [2.05, 4.69) is 9.88 Å². The van der Waals surface area contributed by atoms with Gasteiger partial charge in [-0.25, -0.2) is 4.98 Å². The maximum absolute atomic E-state index is 5.61. The number of likely N-dealkylation sites (N-methyl/N-ethyl adjacent to an activating group) is 1. The van der Waals surface area contributed by atoms with Crippen LogP contribution < -0.4 is 10.6 Å². The van der Waals surface area contributed by atoms with Crippen LogP contribution in [0.15, 0.2) is 18.3 Å². The van der Waals surface area contributed by atoms with E-state index in [1.54, 1.807) is 6.20 Å². The molecule has 1 saturated carbocycles. The van der Waals surface area contributed by atoms with Crippen LogP contribution in [0.2, 0.25) is 0 Å². The summed E-state index contributed by atoms with van der Waals surface area (Å²) in [6.45, 7) is 3.11. The van der Waals surface area contributed by atoms with Crippen molar-refractivity contribution in [3.63, 3.8) is 0 Å². The summed E-state index contributed by atoms with van der Waals surface area (Å²) in [5.41, 5.74) is 6.72. The summed E-state index contributed by atoms with van der Waals surface area (Å²) in [5, 5.41) is 0. The summed E-state index contributed by atoms with van der Waals surface area (Å²) in [6.07, 6.45) is 4.49. The first-order valence-electron chi connectivity index (χ1n) is 6.23. The summed E-state index contributed by atoms with van der Waals surface area (Å²) < 4.78 is 5.61. The van der Waals surface area contributed by atoms with Crippen LogP contribution in [0.3, 0.4) is 0 Å². The molecule has 4 heteroatoms. The van der Waals surface area contributed by atoms with E-state index in [0.29, 0.717) is 6.54 Å². The number of rotatable bonds is 7. The average Bonchev–Trinajstić information content (AvgIpc) is 3.18. The summed E-state index contributed by atoms with van der Waals surface area (Å²) in [5.74, 6) is 1.79. The van der Waals surface area contributed by atoms with Crippen LogP contribution in [-0.2, 0) is 11.3 Å². The first-order valence-corrected chi connectivity index (χ1v) is 6.23. The van der Waals surface area contributed by atoms with Crippen molar-refractivity contribution in [3.05, 3.63) is 23.9 Å². The highest BCUT2D eigenvalue weighted by Gasteiger charge is 2.20. The van der Waals surface area contributed by atoms with Crippen LogP contribution in [0, 0.1) is 5.92 Å². The summed E-state index contributed by atoms with van der Waals surface area (Å²) in [6, 6.07) is 3.97. The van der Waals surface area contributed by atoms with Crippen molar-refractivity contribution in [3.8, 4) is 0 Å². The van der Waals surface area contributed by atoms with Crippen molar-refractivity contribution >= 4 is 5.82 Å². The van der Waals surface area contributed by atoms with Gasteiger partial charge in [-0.2, -0.15) is 0 Å². The Bertz CT molecular complexity index is 352. The molecular formula is C13H21N3O. The summed E-state index contributed by atoms with van der Waals surface area (Å²) >= 11 is 0. The van der Waals surface area contributed by atoms with Gasteiger partial charge in [0.15, 0.2) is 0 Å². The molecule has 94 valence electrons. The maximum Gasteiger partial charge on any atom is 0.128 e. The molecule has 0 saturated heterocycles. The molecule has 4 nitrogen and oxygen atoms in total. The lowest BCUT2D eigenvalue weighted by Gasteiger charge is -2.18. The molecule has 0 bridgehead atoms. The molecule has 0 unspecified atom stereocenters. The molecule has 1 aliphatic rings. The second kappa shape index (κ2) is 5.98. The quantitative estimate of drug-likeness (QED) is 0.726. The topological polar surface area (TPSA) is 51.4 Å². The smallest absolute Gasteiger partial charge is 0.128 e. The molecule has 0 amide bonds. The lowest BCUT2D eigenvalue weighted by atomic mass is 10.2. The highest BCUT2D eigenvalue weighted by molar-refractivity contribution is 5.39. The van der Waals surface area contributed by atoms with Crippen LogP contribution in [0.25, 0.3) is 0 Å². The lowest BCUT2D eigenvalue weighted by Crippen LogP contribution is -2.24. The van der Waals surface area contributed by atoms with Crippen molar-refractivity contribution < 1.29 is 4.74 Å². The molecule has 17 heavy (non-hydrogen) atoms. The van der Waals surface area contributed by atoms with E-state index in [4.69, 9.17) is 10.5 Å². The zero-order valence-corrected chi connectivity index (χ0v) is 10.4. The van der Waals surface area contributed by atoms with E-state index >= 15 is 0 Å². The number of aromatic nitrogens is 1. The van der Waals surface area contributed by atoms with Gasteiger partial charge in [-0.1, -0.05) is 0 Å². The highest BCUT2D eigenvalue weighted by Crippen LogP contribution is 2.28. The van der Waals surface area contributed by atoms with Crippen molar-refractivity contribution in [2.24, 2.45) is 11.7 Å². The molecule has 0 aliphatic heterocycles. The first kappa shape index (κ1) is 12.3. The molecule has 1 fully saturated rings. The summed E-state index contributed by atoms with van der Waals surface area (Å²) in [7, 11) is 2.03. The Morgan fingerprint density at radius 2 is 2.35 bits per heavy atom. The van der Waals surface area contributed by atoms with Gasteiger partial charge in [0.1, 0.15) is 5.82 Å². The van der Waals surface area contributed by atoms with Gasteiger partial charge in [-0.15, -0.1) is 0 Å². The maximum atomic E-state index is 5.61. The molecule has 2 rings (SSSR count). The van der Waals surface area contributed by atoms with E-state index < -0.39 is 0 Å². The Morgan fingerprint density at radius 1 is 1.53 bits per heavy atom. The normalized spacial score (nSPS) is 14.9.